The quantitative estimate of drug-likeness (QED) is 0.627. The smallest absolute Gasteiger partial charge is 0.323 e. The molecule has 1 atom stereocenters. The van der Waals surface area contributed by atoms with Crippen LogP contribution in [-0.4, -0.2) is 72.7 Å². The first kappa shape index (κ1) is 16.7. The van der Waals surface area contributed by atoms with Crippen LogP contribution in [0.5, 0.6) is 0 Å². The fourth-order valence-corrected chi connectivity index (χ4v) is 3.01. The van der Waals surface area contributed by atoms with Crippen LogP contribution in [0, 0.1) is 5.92 Å². The zero-order valence-corrected chi connectivity index (χ0v) is 13.6. The van der Waals surface area contributed by atoms with Crippen LogP contribution < -0.4 is 5.32 Å². The van der Waals surface area contributed by atoms with E-state index in [4.69, 9.17) is 0 Å². The summed E-state index contributed by atoms with van der Waals surface area (Å²) in [5.74, 6) is 0.241. The third-order valence-corrected chi connectivity index (χ3v) is 5.10. The van der Waals surface area contributed by atoms with Crippen LogP contribution >= 0.6 is 0 Å². The number of nitrogens with one attached hydrogen (secondary N) is 1. The van der Waals surface area contributed by atoms with Gasteiger partial charge in [0.1, 0.15) is 5.54 Å². The Labute approximate surface area is 128 Å². The van der Waals surface area contributed by atoms with E-state index in [1.807, 2.05) is 0 Å². The summed E-state index contributed by atoms with van der Waals surface area (Å²) in [5.41, 5.74) is -0.775. The molecule has 1 saturated carbocycles. The Bertz CT molecular complexity index is 338. The molecular weight excluding hydrogens is 266 g/mol. The molecule has 2 N–H and O–H groups in total. The van der Waals surface area contributed by atoms with Crippen molar-refractivity contribution in [3.8, 4) is 0 Å². The summed E-state index contributed by atoms with van der Waals surface area (Å²) >= 11 is 0. The molecule has 1 unspecified atom stereocenters. The minimum atomic E-state index is -0.775. The van der Waals surface area contributed by atoms with Gasteiger partial charge in [0.25, 0.3) is 0 Å². The standard InChI is InChI=1S/C16H31N3O2/c1-16(17-2,15(20)21)7-3-4-8-18-9-11-19(12-10-18)13-14-5-6-14/h14,17H,3-13H2,1-2H3,(H,20,21). The minimum absolute atomic E-state index is 0.695. The highest BCUT2D eigenvalue weighted by molar-refractivity contribution is 5.78. The molecule has 0 aromatic heterocycles. The van der Waals surface area contributed by atoms with Crippen LogP contribution in [0.3, 0.4) is 0 Å². The van der Waals surface area contributed by atoms with Crippen LogP contribution in [0.15, 0.2) is 0 Å². The molecule has 0 radical (unpaired) electrons. The van der Waals surface area contributed by atoms with Gasteiger partial charge >= 0.3 is 5.97 Å². The molecule has 21 heavy (non-hydrogen) atoms. The van der Waals surface area contributed by atoms with E-state index >= 15 is 0 Å². The summed E-state index contributed by atoms with van der Waals surface area (Å²) in [4.78, 5) is 16.3. The third-order valence-electron chi connectivity index (χ3n) is 5.10. The summed E-state index contributed by atoms with van der Waals surface area (Å²) in [6.07, 6.45) is 5.63. The maximum Gasteiger partial charge on any atom is 0.323 e. The molecule has 2 rings (SSSR count). The monoisotopic (exact) mass is 297 g/mol. The summed E-state index contributed by atoms with van der Waals surface area (Å²) in [6.45, 7) is 8.96. The van der Waals surface area contributed by atoms with E-state index in [1.54, 1.807) is 14.0 Å². The van der Waals surface area contributed by atoms with Crippen molar-refractivity contribution in [3.63, 3.8) is 0 Å². The molecule has 1 heterocycles. The number of rotatable bonds is 9. The number of unbranched alkanes of at least 4 members (excludes halogenated alkanes) is 1. The van der Waals surface area contributed by atoms with E-state index < -0.39 is 11.5 Å². The SMILES string of the molecule is CNC(C)(CCCCN1CCN(CC2CC2)CC1)C(=O)O. The Morgan fingerprint density at radius 3 is 2.33 bits per heavy atom. The van der Waals surface area contributed by atoms with Gasteiger partial charge in [-0.1, -0.05) is 0 Å². The average molecular weight is 297 g/mol. The van der Waals surface area contributed by atoms with Crippen molar-refractivity contribution in [1.82, 2.24) is 15.1 Å². The lowest BCUT2D eigenvalue weighted by Crippen LogP contribution is -2.48. The highest BCUT2D eigenvalue weighted by atomic mass is 16.4. The van der Waals surface area contributed by atoms with Crippen LogP contribution in [0.2, 0.25) is 0 Å². The van der Waals surface area contributed by atoms with Crippen molar-refractivity contribution >= 4 is 5.97 Å². The highest BCUT2D eigenvalue weighted by Crippen LogP contribution is 2.29. The molecule has 0 amide bonds. The Balaban J connectivity index is 1.56. The highest BCUT2D eigenvalue weighted by Gasteiger charge is 2.30. The van der Waals surface area contributed by atoms with Crippen molar-refractivity contribution in [1.29, 1.82) is 0 Å². The minimum Gasteiger partial charge on any atom is -0.480 e. The van der Waals surface area contributed by atoms with Gasteiger partial charge in [0.05, 0.1) is 0 Å². The Morgan fingerprint density at radius 1 is 1.19 bits per heavy atom. The van der Waals surface area contributed by atoms with Gasteiger partial charge in [0.15, 0.2) is 0 Å². The average Bonchev–Trinajstić information content (AvgIpc) is 3.29. The molecule has 5 nitrogen and oxygen atoms in total. The first-order chi connectivity index (χ1) is 10.0. The Hall–Kier alpha value is -0.650. The molecule has 2 aliphatic rings. The van der Waals surface area contributed by atoms with Crippen LogP contribution in [0.25, 0.3) is 0 Å². The number of hydrogen-bond acceptors (Lipinski definition) is 4. The van der Waals surface area contributed by atoms with E-state index in [-0.39, 0.29) is 0 Å². The number of aliphatic carboxylic acids is 1. The second-order valence-corrected chi connectivity index (χ2v) is 6.93. The topological polar surface area (TPSA) is 55.8 Å². The predicted molar refractivity (Wildman–Crippen MR) is 84.6 cm³/mol. The van der Waals surface area contributed by atoms with Gasteiger partial charge < -0.3 is 20.2 Å². The lowest BCUT2D eigenvalue weighted by Gasteiger charge is -2.35. The number of nitrogens with zero attached hydrogens (tertiary/aromatic N) is 2. The number of carboxylic acids is 1. The molecule has 2 fully saturated rings. The van der Waals surface area contributed by atoms with E-state index in [9.17, 15) is 9.90 Å². The lowest BCUT2D eigenvalue weighted by molar-refractivity contribution is -0.144. The van der Waals surface area contributed by atoms with Crippen molar-refractivity contribution in [3.05, 3.63) is 0 Å². The van der Waals surface area contributed by atoms with Gasteiger partial charge in [0, 0.05) is 32.7 Å². The molecule has 0 aromatic carbocycles. The van der Waals surface area contributed by atoms with Crippen LogP contribution in [0.4, 0.5) is 0 Å². The molecule has 0 aromatic rings. The summed E-state index contributed by atoms with van der Waals surface area (Å²) in [5, 5.41) is 12.1. The largest absolute Gasteiger partial charge is 0.480 e. The van der Waals surface area contributed by atoms with Crippen molar-refractivity contribution in [2.24, 2.45) is 5.92 Å². The van der Waals surface area contributed by atoms with E-state index in [2.05, 4.69) is 15.1 Å². The molecule has 1 aliphatic carbocycles. The van der Waals surface area contributed by atoms with Crippen LogP contribution in [0.1, 0.15) is 39.0 Å². The first-order valence-corrected chi connectivity index (χ1v) is 8.40. The number of hydrogen-bond donors (Lipinski definition) is 2. The van der Waals surface area contributed by atoms with Crippen molar-refractivity contribution in [2.45, 2.75) is 44.6 Å². The van der Waals surface area contributed by atoms with Gasteiger partial charge in [-0.2, -0.15) is 0 Å². The maximum atomic E-state index is 11.2. The second kappa shape index (κ2) is 7.56. The summed E-state index contributed by atoms with van der Waals surface area (Å²) in [6, 6.07) is 0. The third kappa shape index (κ3) is 5.24. The van der Waals surface area contributed by atoms with Gasteiger partial charge in [-0.25, -0.2) is 0 Å². The number of carboxylic acid groups (broad SMARTS) is 1. The molecule has 1 aliphatic heterocycles. The molecule has 0 bridgehead atoms. The first-order valence-electron chi connectivity index (χ1n) is 8.40. The molecular formula is C16H31N3O2. The normalized spacial score (nSPS) is 23.9. The number of carbonyl (C=O) groups is 1. The fraction of sp³-hybridized carbons (Fsp3) is 0.938. The van der Waals surface area contributed by atoms with E-state index in [0.717, 1.165) is 25.3 Å². The Kier molecular flexibility index (Phi) is 6.02. The fourth-order valence-electron chi connectivity index (χ4n) is 3.01. The lowest BCUT2D eigenvalue weighted by atomic mass is 9.95. The van der Waals surface area contributed by atoms with Gasteiger partial charge in [0.2, 0.25) is 0 Å². The van der Waals surface area contributed by atoms with Gasteiger partial charge in [-0.3, -0.25) is 4.79 Å². The number of likely N-dealkylation sites (N-methyl/N-ethyl adjacent to an activating group) is 1. The van der Waals surface area contributed by atoms with Crippen molar-refractivity contribution in [2.75, 3.05) is 46.3 Å². The second-order valence-electron chi connectivity index (χ2n) is 6.93. The number of piperazine rings is 1. The molecule has 5 heteroatoms. The van der Waals surface area contributed by atoms with Crippen molar-refractivity contribution < 1.29 is 9.90 Å². The Morgan fingerprint density at radius 2 is 1.81 bits per heavy atom. The zero-order valence-electron chi connectivity index (χ0n) is 13.6. The van der Waals surface area contributed by atoms with E-state index in [0.29, 0.717) is 6.42 Å². The molecule has 1 saturated heterocycles. The van der Waals surface area contributed by atoms with Gasteiger partial charge in [-0.05, 0) is 58.5 Å². The molecule has 0 spiro atoms. The predicted octanol–water partition coefficient (Wildman–Crippen LogP) is 1.25. The summed E-state index contributed by atoms with van der Waals surface area (Å²) in [7, 11) is 1.73. The zero-order chi connectivity index (χ0) is 15.3. The van der Waals surface area contributed by atoms with Gasteiger partial charge in [-0.15, -0.1) is 0 Å². The summed E-state index contributed by atoms with van der Waals surface area (Å²) < 4.78 is 0. The van der Waals surface area contributed by atoms with Crippen LogP contribution in [-0.2, 0) is 4.79 Å². The molecule has 122 valence electrons. The maximum absolute atomic E-state index is 11.2. The van der Waals surface area contributed by atoms with E-state index in [1.165, 1.54) is 45.6 Å².